The van der Waals surface area contributed by atoms with Crippen LogP contribution in [0.1, 0.15) is 191 Å². The standard InChI is InChI=1S/C39H48F2N8O5S.C33H38N6O6S.C5H10F2N2/c1-24(2)49-35(34(42-44-49)38(51)47-17-16-46(5)22-39(40,41)23-47)28-18-27-19-29(54-6)13-15-30(27)36-33(25-10-8-7-9-11-25)31-14-12-26(20-32(31)48(36)21-28)37(50)43-55(52,53)45(3)4;1-19(2)39-30(29(33(41)42)34-36-39)23-15-22-16-24(45-5)12-14-25(22)31-28(20-9-7-6-8-10-20)26-13-11-21(17-27(26)38(31)18-23)32(40)35-46(43,44)37(3)4;6-5(7)3-8-1-2-9-4-5/h12-15,18-20,24-25H,7-11,16-17,21-23H2,1-6H3,(H,43,50);11-17,19-20H,6-10,18H2,1-5H3,(H,35,40)(H,41,42);8-9H,1-4H2. The highest BCUT2D eigenvalue weighted by Crippen LogP contribution is 2.51. The highest BCUT2D eigenvalue weighted by molar-refractivity contribution is 7.88. The predicted molar refractivity (Wildman–Crippen MR) is 412 cm³/mol. The lowest BCUT2D eigenvalue weighted by Crippen LogP contribution is -2.42. The van der Waals surface area contributed by atoms with E-state index in [1.165, 1.54) is 50.0 Å². The van der Waals surface area contributed by atoms with Gasteiger partial charge in [0.25, 0.3) is 29.6 Å². The fourth-order valence-corrected chi connectivity index (χ4v) is 16.7. The van der Waals surface area contributed by atoms with Gasteiger partial charge in [0, 0.05) is 122 Å². The molecule has 5 N–H and O–H groups in total. The topological polar surface area (TPSA) is 308 Å². The molecule has 4 aromatic carbocycles. The first-order valence-corrected chi connectivity index (χ1v) is 40.0. The van der Waals surface area contributed by atoms with Crippen LogP contribution in [0.5, 0.6) is 11.5 Å². The van der Waals surface area contributed by atoms with Gasteiger partial charge >= 0.3 is 26.4 Å². The molecule has 8 aromatic rings. The number of rotatable bonds is 16. The number of alkyl halides is 4. The van der Waals surface area contributed by atoms with E-state index in [0.29, 0.717) is 52.6 Å². The molecule has 6 aliphatic rings. The number of methoxy groups -OCH3 is 2. The second kappa shape index (κ2) is 32.5. The van der Waals surface area contributed by atoms with Crippen LogP contribution in [0.3, 0.4) is 0 Å². The molecule has 3 amide bonds. The van der Waals surface area contributed by atoms with Crippen LogP contribution in [0.25, 0.3) is 67.6 Å². The van der Waals surface area contributed by atoms with Crippen molar-refractivity contribution in [3.05, 3.63) is 129 Å². The number of allylic oxidation sites excluding steroid dienone is 2. The van der Waals surface area contributed by atoms with Gasteiger partial charge in [-0.05, 0) is 167 Å². The van der Waals surface area contributed by atoms with Gasteiger partial charge in [-0.15, -0.1) is 10.2 Å². The largest absolute Gasteiger partial charge is 0.497 e. The lowest BCUT2D eigenvalue weighted by Gasteiger charge is -2.24. The molecule has 0 radical (unpaired) electrons. The van der Waals surface area contributed by atoms with Crippen molar-refractivity contribution in [2.24, 2.45) is 0 Å². The summed E-state index contributed by atoms with van der Waals surface area (Å²) >= 11 is 0. The summed E-state index contributed by atoms with van der Waals surface area (Å²) in [6.45, 7) is 8.19. The number of hydrogen-bond acceptors (Lipinski definition) is 17. The number of carboxylic acid groups (broad SMARTS) is 1. The fourth-order valence-electron chi connectivity index (χ4n) is 15.7. The summed E-state index contributed by atoms with van der Waals surface area (Å²) in [5.41, 5.74) is 11.6. The Morgan fingerprint density at radius 2 is 1.00 bits per heavy atom. The van der Waals surface area contributed by atoms with Crippen LogP contribution in [-0.2, 0) is 33.5 Å². The van der Waals surface area contributed by atoms with Gasteiger partial charge in [0.05, 0.1) is 70.6 Å². The smallest absolute Gasteiger partial charge is 0.358 e. The third kappa shape index (κ3) is 16.8. The molecule has 2 saturated heterocycles. The van der Waals surface area contributed by atoms with E-state index in [4.69, 9.17) is 9.47 Å². The number of ether oxygens (including phenoxy) is 2. The maximum Gasteiger partial charge on any atom is 0.358 e. The lowest BCUT2D eigenvalue weighted by atomic mass is 9.81. The Hall–Kier alpha value is -9.38. The van der Waals surface area contributed by atoms with Gasteiger partial charge in [0.2, 0.25) is 0 Å². The molecule has 4 fully saturated rings. The fraction of sp³-hybridized carbons (Fsp3) is 0.481. The van der Waals surface area contributed by atoms with Crippen molar-refractivity contribution in [3.63, 3.8) is 0 Å². The van der Waals surface area contributed by atoms with Crippen molar-refractivity contribution < 1.29 is 68.2 Å². The Kier molecular flexibility index (Phi) is 23.7. The van der Waals surface area contributed by atoms with E-state index in [0.717, 1.165) is 122 Å². The summed E-state index contributed by atoms with van der Waals surface area (Å²) in [6, 6.07) is 21.9. The molecule has 14 rings (SSSR count). The number of aromatic carboxylic acids is 1. The van der Waals surface area contributed by atoms with Crippen molar-refractivity contribution in [2.45, 2.75) is 141 Å². The Morgan fingerprint density at radius 1 is 0.573 bits per heavy atom. The number of nitrogens with zero attached hydrogens (tertiary/aromatic N) is 12. The molecule has 8 heterocycles. The Bertz CT molecular complexity index is 5140. The molecule has 590 valence electrons. The van der Waals surface area contributed by atoms with Crippen molar-refractivity contribution in [1.29, 1.82) is 0 Å². The third-order valence-corrected chi connectivity index (χ3v) is 23.9. The highest BCUT2D eigenvalue weighted by Gasteiger charge is 2.41. The number of aromatic nitrogens is 8. The molecule has 0 spiro atoms. The quantitative estimate of drug-likeness (QED) is 0.0561. The first-order valence-electron chi connectivity index (χ1n) is 37.1. The molecule has 2 aliphatic carbocycles. The van der Waals surface area contributed by atoms with Crippen LogP contribution < -0.4 is 29.6 Å². The van der Waals surface area contributed by atoms with E-state index in [9.17, 15) is 49.9 Å². The number of likely N-dealkylation sites (N-methyl/N-ethyl adjacent to an activating group) is 1. The first-order chi connectivity index (χ1) is 52.2. The number of benzene rings is 4. The number of carbonyl (C=O) groups is 4. The number of amides is 3. The normalized spacial score (nSPS) is 17.8. The van der Waals surface area contributed by atoms with Crippen LogP contribution in [0.4, 0.5) is 17.6 Å². The number of halogens is 4. The van der Waals surface area contributed by atoms with Crippen LogP contribution in [0.15, 0.2) is 72.8 Å². The zero-order valence-corrected chi connectivity index (χ0v) is 65.4. The van der Waals surface area contributed by atoms with Crippen LogP contribution >= 0.6 is 0 Å². The monoisotopic (exact) mass is 1560 g/mol. The Morgan fingerprint density at radius 3 is 1.41 bits per heavy atom. The summed E-state index contributed by atoms with van der Waals surface area (Å²) in [5.74, 6) is -7.21. The van der Waals surface area contributed by atoms with E-state index in [1.54, 1.807) is 54.9 Å². The van der Waals surface area contributed by atoms with Gasteiger partial charge in [0.15, 0.2) is 11.4 Å². The maximum absolute atomic E-state index is 15.0. The van der Waals surface area contributed by atoms with Gasteiger partial charge in [-0.1, -0.05) is 61.1 Å². The van der Waals surface area contributed by atoms with Gasteiger partial charge < -0.3 is 39.2 Å². The zero-order chi connectivity index (χ0) is 79.1. The summed E-state index contributed by atoms with van der Waals surface area (Å²) < 4.78 is 130. The van der Waals surface area contributed by atoms with Crippen molar-refractivity contribution >= 4 is 89.2 Å². The molecular weight excluding hydrogens is 1470 g/mol. The molecule has 33 heteroatoms. The molecular formula is C77H96F4N16O11S2. The summed E-state index contributed by atoms with van der Waals surface area (Å²) in [7, 11) is 2.13. The molecule has 2 saturated carbocycles. The van der Waals surface area contributed by atoms with Crippen molar-refractivity contribution in [3.8, 4) is 34.0 Å². The van der Waals surface area contributed by atoms with Gasteiger partial charge in [0.1, 0.15) is 17.2 Å². The molecule has 4 aliphatic heterocycles. The number of hydrogen-bond donors (Lipinski definition) is 5. The Labute approximate surface area is 637 Å². The summed E-state index contributed by atoms with van der Waals surface area (Å²) in [5, 5.41) is 34.3. The van der Waals surface area contributed by atoms with Gasteiger partial charge in [-0.3, -0.25) is 19.3 Å². The number of carboxylic acids is 1. The van der Waals surface area contributed by atoms with E-state index in [2.05, 4.69) is 49.8 Å². The number of nitrogens with one attached hydrogen (secondary N) is 4. The minimum atomic E-state index is -4.06. The van der Waals surface area contributed by atoms with Crippen LogP contribution in [0.2, 0.25) is 0 Å². The molecule has 110 heavy (non-hydrogen) atoms. The minimum Gasteiger partial charge on any atom is -0.497 e. The summed E-state index contributed by atoms with van der Waals surface area (Å²) in [6.07, 6.45) is 14.7. The molecule has 0 unspecified atom stereocenters. The number of carbonyl (C=O) groups excluding carboxylic acids is 3. The van der Waals surface area contributed by atoms with Crippen LogP contribution in [-0.4, -0.2) is 217 Å². The SMILES string of the molecule is COc1ccc2c(c1)C=C(c1c(C(=O)N3CCN(C)CC(F)(F)C3)nnn1C(C)C)Cn1c-2c(C2CCCCC2)c2ccc(C(=O)NS(=O)(=O)N(C)C)cc21.COc1ccc2c(c1)C=C(c1c(C(=O)O)nnn1C(C)C)Cn1c-2c(C2CCCCC2)c2ccc(C(=O)NS(=O)(=O)N(C)C)cc21.FC1(F)CNCCNC1. The first kappa shape index (κ1) is 80.1. The van der Waals surface area contributed by atoms with Crippen molar-refractivity contribution in [1.82, 2.24) is 77.6 Å². The highest BCUT2D eigenvalue weighted by atomic mass is 32.2. The lowest BCUT2D eigenvalue weighted by molar-refractivity contribution is -0.0311. The Balaban J connectivity index is 0.000000186. The van der Waals surface area contributed by atoms with E-state index < -0.39 is 69.0 Å². The van der Waals surface area contributed by atoms with Crippen LogP contribution in [0, 0.1) is 0 Å². The number of fused-ring (bicyclic) bond motifs is 10. The third-order valence-electron chi connectivity index (χ3n) is 21.1. The average Bonchev–Trinajstić information content (AvgIpc) is 1.58. The van der Waals surface area contributed by atoms with Gasteiger partial charge in [-0.25, -0.2) is 41.2 Å². The zero-order valence-electron chi connectivity index (χ0n) is 63.8. The molecule has 0 atom stereocenters. The van der Waals surface area contributed by atoms with Crippen molar-refractivity contribution in [2.75, 3.05) is 102 Å². The summed E-state index contributed by atoms with van der Waals surface area (Å²) in [4.78, 5) is 56.2. The minimum absolute atomic E-state index is 0.0221. The van der Waals surface area contributed by atoms with E-state index in [-0.39, 0.29) is 85.7 Å². The second-order valence-corrected chi connectivity index (χ2v) is 33.8. The second-order valence-electron chi connectivity index (χ2n) is 30.0. The molecule has 4 aromatic heterocycles. The predicted octanol–water partition coefficient (Wildman–Crippen LogP) is 10.8. The van der Waals surface area contributed by atoms with Gasteiger partial charge in [-0.2, -0.15) is 25.4 Å². The maximum atomic E-state index is 15.0. The van der Waals surface area contributed by atoms with E-state index in [1.807, 2.05) is 88.4 Å². The molecule has 0 bridgehead atoms. The average molecular weight is 1560 g/mol. The molecule has 27 nitrogen and oxygen atoms in total. The van der Waals surface area contributed by atoms with E-state index >= 15 is 8.78 Å².